The number of benzene rings is 1. The molecule has 0 saturated heterocycles. The molecule has 0 aliphatic carbocycles. The number of nitrogens with one attached hydrogen (secondary N) is 1. The number of carbonyl (C=O) groups excluding carboxylic acids is 1. The van der Waals surface area contributed by atoms with Crippen LogP contribution in [0.2, 0.25) is 0 Å². The van der Waals surface area contributed by atoms with Crippen molar-refractivity contribution in [3.63, 3.8) is 0 Å². The molecule has 19 heavy (non-hydrogen) atoms. The Balaban J connectivity index is 2.16. The third-order valence-electron chi connectivity index (χ3n) is 3.08. The molecule has 2 rings (SSSR count). The number of rotatable bonds is 5. The smallest absolute Gasteiger partial charge is 0.255 e. The number of amides is 1. The van der Waals surface area contributed by atoms with Gasteiger partial charge in [0.1, 0.15) is 0 Å². The number of carbonyl (C=O) groups is 1. The molecular formula is C13H16F2N2O2. The predicted octanol–water partition coefficient (Wildman–Crippen LogP) is 1.35. The molecule has 0 radical (unpaired) electrons. The highest BCUT2D eigenvalue weighted by Gasteiger charge is 2.21. The minimum atomic E-state index is -2.61. The summed E-state index contributed by atoms with van der Waals surface area (Å²) in [5, 5.41) is 12.0. The Morgan fingerprint density at radius 2 is 2.26 bits per heavy atom. The van der Waals surface area contributed by atoms with E-state index in [9.17, 15) is 13.6 Å². The fourth-order valence-electron chi connectivity index (χ4n) is 2.17. The van der Waals surface area contributed by atoms with Gasteiger partial charge >= 0.3 is 0 Å². The first kappa shape index (κ1) is 13.7. The lowest BCUT2D eigenvalue weighted by Gasteiger charge is -2.21. The van der Waals surface area contributed by atoms with Gasteiger partial charge in [-0.05, 0) is 24.1 Å². The van der Waals surface area contributed by atoms with Crippen molar-refractivity contribution < 1.29 is 18.7 Å². The van der Waals surface area contributed by atoms with E-state index in [1.165, 1.54) is 0 Å². The van der Waals surface area contributed by atoms with E-state index in [4.69, 9.17) is 5.11 Å². The predicted molar refractivity (Wildman–Crippen MR) is 67.6 cm³/mol. The Labute approximate surface area is 110 Å². The molecule has 6 heteroatoms. The van der Waals surface area contributed by atoms with Crippen LogP contribution >= 0.6 is 0 Å². The van der Waals surface area contributed by atoms with Gasteiger partial charge in [-0.1, -0.05) is 6.07 Å². The van der Waals surface area contributed by atoms with Gasteiger partial charge in [0.05, 0.1) is 13.2 Å². The van der Waals surface area contributed by atoms with Crippen molar-refractivity contribution in [2.45, 2.75) is 12.8 Å². The maximum absolute atomic E-state index is 12.4. The highest BCUT2D eigenvalue weighted by atomic mass is 19.3. The van der Waals surface area contributed by atoms with E-state index < -0.39 is 18.9 Å². The molecule has 2 N–H and O–H groups in total. The van der Waals surface area contributed by atoms with E-state index in [1.54, 1.807) is 12.1 Å². The van der Waals surface area contributed by atoms with Crippen molar-refractivity contribution >= 4 is 11.6 Å². The molecule has 0 fully saturated rings. The van der Waals surface area contributed by atoms with Gasteiger partial charge in [0.15, 0.2) is 0 Å². The molecule has 0 saturated carbocycles. The molecule has 0 unspecified atom stereocenters. The molecule has 104 valence electrons. The van der Waals surface area contributed by atoms with Crippen LogP contribution in [-0.2, 0) is 6.42 Å². The summed E-state index contributed by atoms with van der Waals surface area (Å²) in [6, 6.07) is 5.16. The second kappa shape index (κ2) is 5.97. The summed E-state index contributed by atoms with van der Waals surface area (Å²) in [5.41, 5.74) is 2.37. The van der Waals surface area contributed by atoms with E-state index in [0.29, 0.717) is 5.56 Å². The molecule has 0 bridgehead atoms. The molecular weight excluding hydrogens is 254 g/mol. The number of anilines is 1. The SMILES string of the molecule is O=C(c1ccc2c(c1)NCC2)N(CCO)CC(F)F. The molecule has 1 aliphatic heterocycles. The second-order valence-electron chi connectivity index (χ2n) is 4.41. The minimum absolute atomic E-state index is 0.0896. The standard InChI is InChI=1S/C13H16F2N2O2/c14-12(15)8-17(5-6-18)13(19)10-2-1-9-3-4-16-11(9)7-10/h1-2,7,12,16,18H,3-6,8H2. The zero-order valence-electron chi connectivity index (χ0n) is 10.4. The zero-order chi connectivity index (χ0) is 13.8. The Morgan fingerprint density at radius 3 is 2.95 bits per heavy atom. The van der Waals surface area contributed by atoms with Crippen molar-refractivity contribution in [2.75, 3.05) is 31.6 Å². The first-order valence-electron chi connectivity index (χ1n) is 6.17. The summed E-state index contributed by atoms with van der Waals surface area (Å²) < 4.78 is 24.8. The van der Waals surface area contributed by atoms with Crippen molar-refractivity contribution in [3.05, 3.63) is 29.3 Å². The van der Waals surface area contributed by atoms with Crippen molar-refractivity contribution in [1.82, 2.24) is 4.90 Å². The molecule has 4 nitrogen and oxygen atoms in total. The topological polar surface area (TPSA) is 52.6 Å². The largest absolute Gasteiger partial charge is 0.395 e. The van der Waals surface area contributed by atoms with Crippen LogP contribution < -0.4 is 5.32 Å². The van der Waals surface area contributed by atoms with Gasteiger partial charge in [-0.15, -0.1) is 0 Å². The summed E-state index contributed by atoms with van der Waals surface area (Å²) in [7, 11) is 0. The van der Waals surface area contributed by atoms with Gasteiger partial charge in [0.2, 0.25) is 0 Å². The average molecular weight is 270 g/mol. The lowest BCUT2D eigenvalue weighted by atomic mass is 10.1. The number of hydrogen-bond acceptors (Lipinski definition) is 3. The Kier molecular flexibility index (Phi) is 4.31. The van der Waals surface area contributed by atoms with Gasteiger partial charge in [0, 0.05) is 24.3 Å². The van der Waals surface area contributed by atoms with Crippen LogP contribution in [0.3, 0.4) is 0 Å². The fourth-order valence-corrected chi connectivity index (χ4v) is 2.17. The lowest BCUT2D eigenvalue weighted by molar-refractivity contribution is 0.0509. The van der Waals surface area contributed by atoms with E-state index in [-0.39, 0.29) is 13.2 Å². The number of nitrogens with zero attached hydrogens (tertiary/aromatic N) is 1. The van der Waals surface area contributed by atoms with Crippen molar-refractivity contribution in [2.24, 2.45) is 0 Å². The number of halogens is 2. The number of aliphatic hydroxyl groups excluding tert-OH is 1. The summed E-state index contributed by atoms with van der Waals surface area (Å²) in [6.45, 7) is -0.260. The van der Waals surface area contributed by atoms with Gasteiger partial charge in [-0.25, -0.2) is 8.78 Å². The van der Waals surface area contributed by atoms with Gasteiger partial charge in [-0.2, -0.15) is 0 Å². The van der Waals surface area contributed by atoms with Crippen LogP contribution in [0.5, 0.6) is 0 Å². The molecule has 0 spiro atoms. The first-order valence-corrected chi connectivity index (χ1v) is 6.17. The van der Waals surface area contributed by atoms with Crippen LogP contribution in [0.4, 0.5) is 14.5 Å². The van der Waals surface area contributed by atoms with E-state index in [2.05, 4.69) is 5.32 Å². The number of alkyl halides is 2. The normalized spacial score (nSPS) is 13.3. The first-order chi connectivity index (χ1) is 9.11. The Bertz CT molecular complexity index is 466. The fraction of sp³-hybridized carbons (Fsp3) is 0.462. The summed E-state index contributed by atoms with van der Waals surface area (Å²) in [5.74, 6) is -0.481. The van der Waals surface area contributed by atoms with Crippen LogP contribution in [0.25, 0.3) is 0 Å². The summed E-state index contributed by atoms with van der Waals surface area (Å²) >= 11 is 0. The summed E-state index contributed by atoms with van der Waals surface area (Å²) in [4.78, 5) is 13.1. The van der Waals surface area contributed by atoms with Crippen LogP contribution in [0.15, 0.2) is 18.2 Å². The molecule has 1 aromatic rings. The third kappa shape index (κ3) is 3.20. The molecule has 1 aromatic carbocycles. The van der Waals surface area contributed by atoms with E-state index in [1.807, 2.05) is 6.07 Å². The van der Waals surface area contributed by atoms with E-state index in [0.717, 1.165) is 29.1 Å². The quantitative estimate of drug-likeness (QED) is 0.849. The molecule has 0 atom stereocenters. The Morgan fingerprint density at radius 1 is 1.47 bits per heavy atom. The minimum Gasteiger partial charge on any atom is -0.395 e. The average Bonchev–Trinajstić information content (AvgIpc) is 2.84. The Hall–Kier alpha value is -1.69. The van der Waals surface area contributed by atoms with Gasteiger partial charge in [0.25, 0.3) is 12.3 Å². The van der Waals surface area contributed by atoms with Crippen LogP contribution in [0.1, 0.15) is 15.9 Å². The number of aliphatic hydroxyl groups is 1. The van der Waals surface area contributed by atoms with Crippen molar-refractivity contribution in [1.29, 1.82) is 0 Å². The highest BCUT2D eigenvalue weighted by Crippen LogP contribution is 2.24. The second-order valence-corrected chi connectivity index (χ2v) is 4.41. The molecule has 1 amide bonds. The molecule has 0 aromatic heterocycles. The van der Waals surface area contributed by atoms with E-state index >= 15 is 0 Å². The maximum atomic E-state index is 12.4. The third-order valence-corrected chi connectivity index (χ3v) is 3.08. The van der Waals surface area contributed by atoms with Crippen LogP contribution in [-0.4, -0.2) is 48.6 Å². The summed E-state index contributed by atoms with van der Waals surface area (Å²) in [6.07, 6.45) is -1.70. The monoisotopic (exact) mass is 270 g/mol. The molecule has 1 heterocycles. The molecule has 1 aliphatic rings. The van der Waals surface area contributed by atoms with Crippen LogP contribution in [0, 0.1) is 0 Å². The number of hydrogen-bond donors (Lipinski definition) is 2. The number of fused-ring (bicyclic) bond motifs is 1. The lowest BCUT2D eigenvalue weighted by Crippen LogP contribution is -2.37. The van der Waals surface area contributed by atoms with Crippen molar-refractivity contribution in [3.8, 4) is 0 Å². The van der Waals surface area contributed by atoms with Gasteiger partial charge in [-0.3, -0.25) is 4.79 Å². The highest BCUT2D eigenvalue weighted by molar-refractivity contribution is 5.95. The maximum Gasteiger partial charge on any atom is 0.255 e. The zero-order valence-corrected chi connectivity index (χ0v) is 10.4. The van der Waals surface area contributed by atoms with Gasteiger partial charge < -0.3 is 15.3 Å².